The first-order chi connectivity index (χ1) is 16.1. The Morgan fingerprint density at radius 3 is 2.59 bits per heavy atom. The summed E-state index contributed by atoms with van der Waals surface area (Å²) in [6, 6.07) is 5.56. The summed E-state index contributed by atoms with van der Waals surface area (Å²) in [6.07, 6.45) is -1.91. The van der Waals surface area contributed by atoms with Gasteiger partial charge in [-0.3, -0.25) is 14.3 Å². The fourth-order valence-corrected chi connectivity index (χ4v) is 3.97. The van der Waals surface area contributed by atoms with Crippen molar-refractivity contribution in [1.29, 1.82) is 0 Å². The standard InChI is InChI=1S/C20H23F3N6O5/c21-20(22,23)34-16-3-1-13(2-4-16)24-14-5-7-27(8-6-14)11-18(30)25-15-9-28-10-17(29(31)32)26-19(28)33-12-15/h1-4,10,14-15,24H,5-9,11-12H2,(H,25,30). The van der Waals surface area contributed by atoms with Crippen molar-refractivity contribution in [2.45, 2.75) is 37.8 Å². The van der Waals surface area contributed by atoms with Gasteiger partial charge in [0.15, 0.2) is 0 Å². The van der Waals surface area contributed by atoms with Gasteiger partial charge in [0.25, 0.3) is 0 Å². The van der Waals surface area contributed by atoms with Crippen LogP contribution in [0.15, 0.2) is 30.5 Å². The molecular formula is C20H23F3N6O5. The van der Waals surface area contributed by atoms with Crippen LogP contribution in [0, 0.1) is 10.1 Å². The molecule has 0 radical (unpaired) electrons. The van der Waals surface area contributed by atoms with Crippen molar-refractivity contribution in [3.8, 4) is 11.8 Å². The largest absolute Gasteiger partial charge is 0.573 e. The molecule has 11 nitrogen and oxygen atoms in total. The SMILES string of the molecule is O=C(CN1CCC(Nc2ccc(OC(F)(F)F)cc2)CC1)NC1COc2nc([N+](=O)[O-])cn2C1. The molecule has 1 atom stereocenters. The lowest BCUT2D eigenvalue weighted by Gasteiger charge is -2.33. The number of fused-ring (bicyclic) bond motifs is 1. The topological polar surface area (TPSA) is 124 Å². The van der Waals surface area contributed by atoms with Gasteiger partial charge < -0.3 is 30.2 Å². The Hall–Kier alpha value is -3.55. The Morgan fingerprint density at radius 1 is 1.24 bits per heavy atom. The highest BCUT2D eigenvalue weighted by molar-refractivity contribution is 5.78. The van der Waals surface area contributed by atoms with Gasteiger partial charge in [-0.1, -0.05) is 0 Å². The molecule has 184 valence electrons. The summed E-state index contributed by atoms with van der Waals surface area (Å²) in [5.41, 5.74) is 0.696. The number of nitrogens with zero attached hydrogens (tertiary/aromatic N) is 4. The van der Waals surface area contributed by atoms with Crippen molar-refractivity contribution in [3.05, 3.63) is 40.6 Å². The molecule has 2 aliphatic heterocycles. The highest BCUT2D eigenvalue weighted by atomic mass is 19.4. The molecule has 0 bridgehead atoms. The molecule has 34 heavy (non-hydrogen) atoms. The van der Waals surface area contributed by atoms with E-state index >= 15 is 0 Å². The quantitative estimate of drug-likeness (QED) is 0.453. The molecule has 1 aromatic heterocycles. The van der Waals surface area contributed by atoms with E-state index in [0.29, 0.717) is 25.3 Å². The fourth-order valence-electron chi connectivity index (χ4n) is 3.97. The van der Waals surface area contributed by atoms with E-state index in [1.165, 1.54) is 35.0 Å². The van der Waals surface area contributed by atoms with Crippen LogP contribution in [-0.2, 0) is 11.3 Å². The van der Waals surface area contributed by atoms with E-state index in [-0.39, 0.29) is 48.7 Å². The van der Waals surface area contributed by atoms with Crippen LogP contribution in [-0.4, -0.2) is 70.0 Å². The monoisotopic (exact) mass is 484 g/mol. The van der Waals surface area contributed by atoms with E-state index in [0.717, 1.165) is 12.8 Å². The number of anilines is 1. The Kier molecular flexibility index (Phi) is 6.77. The Balaban J connectivity index is 1.18. The first-order valence-corrected chi connectivity index (χ1v) is 10.6. The van der Waals surface area contributed by atoms with Crippen LogP contribution in [0.2, 0.25) is 0 Å². The third kappa shape index (κ3) is 6.27. The minimum atomic E-state index is -4.72. The molecule has 1 fully saturated rings. The van der Waals surface area contributed by atoms with Crippen molar-refractivity contribution in [3.63, 3.8) is 0 Å². The Labute approximate surface area is 192 Å². The van der Waals surface area contributed by atoms with E-state index in [1.807, 2.05) is 4.90 Å². The zero-order valence-electron chi connectivity index (χ0n) is 18.0. The third-order valence-electron chi connectivity index (χ3n) is 5.52. The number of carbonyl (C=O) groups is 1. The van der Waals surface area contributed by atoms with Crippen LogP contribution < -0.4 is 20.1 Å². The number of halogens is 3. The van der Waals surface area contributed by atoms with Crippen molar-refractivity contribution in [2.75, 3.05) is 31.6 Å². The summed E-state index contributed by atoms with van der Waals surface area (Å²) in [4.78, 5) is 28.5. The third-order valence-corrected chi connectivity index (χ3v) is 5.52. The molecule has 3 heterocycles. The number of carbonyl (C=O) groups excluding carboxylic acids is 1. The van der Waals surface area contributed by atoms with Gasteiger partial charge in [-0.25, -0.2) is 0 Å². The van der Waals surface area contributed by atoms with E-state index in [2.05, 4.69) is 20.4 Å². The lowest BCUT2D eigenvalue weighted by atomic mass is 10.0. The maximum Gasteiger partial charge on any atom is 0.573 e. The number of alkyl halides is 3. The predicted molar refractivity (Wildman–Crippen MR) is 113 cm³/mol. The van der Waals surface area contributed by atoms with E-state index in [9.17, 15) is 28.1 Å². The molecule has 14 heteroatoms. The summed E-state index contributed by atoms with van der Waals surface area (Å²) >= 11 is 0. The maximum atomic E-state index is 12.5. The molecule has 0 saturated carbocycles. The molecule has 0 spiro atoms. The highest BCUT2D eigenvalue weighted by Gasteiger charge is 2.31. The zero-order chi connectivity index (χ0) is 24.3. The number of amides is 1. The molecule has 2 aromatic rings. The number of ether oxygens (including phenoxy) is 2. The Bertz CT molecular complexity index is 1020. The second-order valence-electron chi connectivity index (χ2n) is 8.13. The van der Waals surface area contributed by atoms with Crippen molar-refractivity contribution in [2.24, 2.45) is 0 Å². The van der Waals surface area contributed by atoms with Crippen LogP contribution >= 0.6 is 0 Å². The molecule has 4 rings (SSSR count). The molecule has 2 aliphatic rings. The number of hydrogen-bond donors (Lipinski definition) is 2. The second-order valence-corrected chi connectivity index (χ2v) is 8.13. The van der Waals surface area contributed by atoms with Gasteiger partial charge >= 0.3 is 18.2 Å². The first kappa shape index (κ1) is 23.6. The zero-order valence-corrected chi connectivity index (χ0v) is 18.0. The maximum absolute atomic E-state index is 12.5. The average molecular weight is 484 g/mol. The fraction of sp³-hybridized carbons (Fsp3) is 0.500. The number of rotatable bonds is 7. The minimum Gasteiger partial charge on any atom is -0.444 e. The molecule has 1 unspecified atom stereocenters. The number of nitrogens with one attached hydrogen (secondary N) is 2. The molecule has 2 N–H and O–H groups in total. The molecule has 1 amide bonds. The summed E-state index contributed by atoms with van der Waals surface area (Å²) in [5, 5.41) is 17.0. The lowest BCUT2D eigenvalue weighted by Crippen LogP contribution is -2.49. The van der Waals surface area contributed by atoms with Gasteiger partial charge in [0, 0.05) is 29.8 Å². The minimum absolute atomic E-state index is 0.135. The number of hydrogen-bond acceptors (Lipinski definition) is 8. The number of piperidine rings is 1. The normalized spacial score (nSPS) is 19.1. The number of likely N-dealkylation sites (tertiary alicyclic amines) is 1. The molecule has 1 aromatic carbocycles. The van der Waals surface area contributed by atoms with Crippen LogP contribution in [0.3, 0.4) is 0 Å². The van der Waals surface area contributed by atoms with Crippen molar-refractivity contribution < 1.29 is 32.4 Å². The van der Waals surface area contributed by atoms with Gasteiger partial charge in [0.2, 0.25) is 5.91 Å². The number of imidazole rings is 1. The molecular weight excluding hydrogens is 461 g/mol. The average Bonchev–Trinajstić information content (AvgIpc) is 3.19. The molecule has 1 saturated heterocycles. The van der Waals surface area contributed by atoms with E-state index < -0.39 is 11.3 Å². The summed E-state index contributed by atoms with van der Waals surface area (Å²) in [6.45, 7) is 2.09. The summed E-state index contributed by atoms with van der Waals surface area (Å²) in [5.74, 6) is -0.743. The van der Waals surface area contributed by atoms with Crippen LogP contribution in [0.1, 0.15) is 12.8 Å². The van der Waals surface area contributed by atoms with Gasteiger partial charge in [0.1, 0.15) is 18.6 Å². The predicted octanol–water partition coefficient (Wildman–Crippen LogP) is 2.14. The smallest absolute Gasteiger partial charge is 0.444 e. The van der Waals surface area contributed by atoms with E-state index in [4.69, 9.17) is 4.74 Å². The van der Waals surface area contributed by atoms with Crippen LogP contribution in [0.5, 0.6) is 11.8 Å². The van der Waals surface area contributed by atoms with Crippen LogP contribution in [0.4, 0.5) is 24.7 Å². The number of aromatic nitrogens is 2. The number of nitro groups is 1. The number of benzene rings is 1. The van der Waals surface area contributed by atoms with Gasteiger partial charge in [0.05, 0.1) is 19.1 Å². The lowest BCUT2D eigenvalue weighted by molar-refractivity contribution is -0.389. The van der Waals surface area contributed by atoms with Crippen molar-refractivity contribution in [1.82, 2.24) is 19.8 Å². The first-order valence-electron chi connectivity index (χ1n) is 10.6. The second kappa shape index (κ2) is 9.75. The van der Waals surface area contributed by atoms with Gasteiger partial charge in [-0.05, 0) is 42.0 Å². The molecule has 0 aliphatic carbocycles. The van der Waals surface area contributed by atoms with Gasteiger partial charge in [-0.2, -0.15) is 0 Å². The van der Waals surface area contributed by atoms with Crippen molar-refractivity contribution >= 4 is 17.4 Å². The van der Waals surface area contributed by atoms with Crippen LogP contribution in [0.25, 0.3) is 0 Å². The highest BCUT2D eigenvalue weighted by Crippen LogP contribution is 2.25. The Morgan fingerprint density at radius 2 is 1.94 bits per heavy atom. The van der Waals surface area contributed by atoms with Gasteiger partial charge in [-0.15, -0.1) is 13.2 Å². The summed E-state index contributed by atoms with van der Waals surface area (Å²) < 4.78 is 47.6. The summed E-state index contributed by atoms with van der Waals surface area (Å²) in [7, 11) is 0. The van der Waals surface area contributed by atoms with E-state index in [1.54, 1.807) is 0 Å².